The van der Waals surface area contributed by atoms with E-state index >= 15 is 0 Å². The molecule has 3 heteroatoms. The van der Waals surface area contributed by atoms with Crippen molar-refractivity contribution in [2.24, 2.45) is 0 Å². The zero-order chi connectivity index (χ0) is 12.3. The van der Waals surface area contributed by atoms with E-state index in [1.165, 1.54) is 16.8 Å². The third kappa shape index (κ3) is 2.64. The van der Waals surface area contributed by atoms with E-state index in [0.717, 1.165) is 19.5 Å². The van der Waals surface area contributed by atoms with Gasteiger partial charge in [0.25, 0.3) is 0 Å². The molecule has 0 spiro atoms. The summed E-state index contributed by atoms with van der Waals surface area (Å²) in [6.07, 6.45) is 1.14. The van der Waals surface area contributed by atoms with Crippen LogP contribution >= 0.6 is 11.6 Å². The van der Waals surface area contributed by atoms with Crippen molar-refractivity contribution in [1.29, 1.82) is 0 Å². The molecule has 0 bridgehead atoms. The Morgan fingerprint density at radius 2 is 2.29 bits per heavy atom. The first-order chi connectivity index (χ1) is 8.26. The Balaban J connectivity index is 2.28. The summed E-state index contributed by atoms with van der Waals surface area (Å²) in [5.74, 6) is 0. The molecule has 92 valence electrons. The summed E-state index contributed by atoms with van der Waals surface area (Å²) in [7, 11) is 2.03. The van der Waals surface area contributed by atoms with Gasteiger partial charge in [-0.1, -0.05) is 29.8 Å². The van der Waals surface area contributed by atoms with Crippen LogP contribution in [0, 0.1) is 0 Å². The van der Waals surface area contributed by atoms with Crippen molar-refractivity contribution in [2.45, 2.75) is 19.4 Å². The summed E-state index contributed by atoms with van der Waals surface area (Å²) in [5, 5.41) is 3.38. The Bertz CT molecular complexity index is 414. The molecule has 0 fully saturated rings. The molecule has 0 saturated heterocycles. The van der Waals surface area contributed by atoms with E-state index in [1.54, 1.807) is 5.54 Å². The van der Waals surface area contributed by atoms with Gasteiger partial charge in [0, 0.05) is 30.4 Å². The first-order valence-electron chi connectivity index (χ1n) is 6.03. The standard InChI is InChI=1S/C14H19ClN2/c1-11(9-15)10-17-8-7-13(16-2)12-5-3-4-6-14(12)17/h3-6,9,13,16H,7-8,10H2,1-2H3/b11-9+. The van der Waals surface area contributed by atoms with Crippen LogP contribution in [0.25, 0.3) is 0 Å². The molecule has 0 aromatic heterocycles. The summed E-state index contributed by atoms with van der Waals surface area (Å²) < 4.78 is 0. The maximum Gasteiger partial charge on any atom is 0.0417 e. The molecule has 1 aliphatic rings. The molecule has 1 aliphatic heterocycles. The van der Waals surface area contributed by atoms with Crippen molar-refractivity contribution < 1.29 is 0 Å². The van der Waals surface area contributed by atoms with Gasteiger partial charge in [0.15, 0.2) is 0 Å². The molecular formula is C14H19ClN2. The van der Waals surface area contributed by atoms with Gasteiger partial charge in [-0.05, 0) is 37.6 Å². The van der Waals surface area contributed by atoms with E-state index in [9.17, 15) is 0 Å². The molecule has 0 saturated carbocycles. The van der Waals surface area contributed by atoms with Gasteiger partial charge < -0.3 is 10.2 Å². The fraction of sp³-hybridized carbons (Fsp3) is 0.429. The van der Waals surface area contributed by atoms with Crippen LogP contribution < -0.4 is 10.2 Å². The molecule has 1 unspecified atom stereocenters. The SMILES string of the molecule is CNC1CCN(C/C(C)=C/Cl)c2ccccc21. The minimum Gasteiger partial charge on any atom is -0.367 e. The normalized spacial score (nSPS) is 20.3. The minimum absolute atomic E-state index is 0.475. The number of anilines is 1. The average molecular weight is 251 g/mol. The number of halogens is 1. The van der Waals surface area contributed by atoms with Crippen molar-refractivity contribution in [3.8, 4) is 0 Å². The number of nitrogens with one attached hydrogen (secondary N) is 1. The number of hydrogen-bond acceptors (Lipinski definition) is 2. The highest BCUT2D eigenvalue weighted by molar-refractivity contribution is 6.25. The Morgan fingerprint density at radius 3 is 3.00 bits per heavy atom. The quantitative estimate of drug-likeness (QED) is 0.886. The predicted molar refractivity (Wildman–Crippen MR) is 74.7 cm³/mol. The summed E-state index contributed by atoms with van der Waals surface area (Å²) in [4.78, 5) is 2.40. The summed E-state index contributed by atoms with van der Waals surface area (Å²) >= 11 is 5.75. The van der Waals surface area contributed by atoms with Gasteiger partial charge in [-0.3, -0.25) is 0 Å². The van der Waals surface area contributed by atoms with Crippen LogP contribution in [0.5, 0.6) is 0 Å². The molecule has 2 nitrogen and oxygen atoms in total. The molecule has 1 atom stereocenters. The first-order valence-corrected chi connectivity index (χ1v) is 6.47. The predicted octanol–water partition coefficient (Wildman–Crippen LogP) is 3.30. The summed E-state index contributed by atoms with van der Waals surface area (Å²) in [6.45, 7) is 4.06. The molecule has 0 aliphatic carbocycles. The highest BCUT2D eigenvalue weighted by Crippen LogP contribution is 2.33. The first kappa shape index (κ1) is 12.5. The smallest absolute Gasteiger partial charge is 0.0417 e. The molecule has 1 N–H and O–H groups in total. The van der Waals surface area contributed by atoms with Gasteiger partial charge in [-0.2, -0.15) is 0 Å². The number of benzene rings is 1. The van der Waals surface area contributed by atoms with Gasteiger partial charge in [0.05, 0.1) is 0 Å². The van der Waals surface area contributed by atoms with Gasteiger partial charge in [-0.25, -0.2) is 0 Å². The van der Waals surface area contributed by atoms with Gasteiger partial charge in [0.2, 0.25) is 0 Å². The summed E-state index contributed by atoms with van der Waals surface area (Å²) in [5.41, 5.74) is 5.59. The second-order valence-electron chi connectivity index (χ2n) is 4.57. The lowest BCUT2D eigenvalue weighted by atomic mass is 9.96. The van der Waals surface area contributed by atoms with Crippen molar-refractivity contribution in [3.63, 3.8) is 0 Å². The molecule has 1 heterocycles. The number of fused-ring (bicyclic) bond motifs is 1. The monoisotopic (exact) mass is 250 g/mol. The fourth-order valence-electron chi connectivity index (χ4n) is 2.43. The zero-order valence-electron chi connectivity index (χ0n) is 10.4. The Morgan fingerprint density at radius 1 is 1.53 bits per heavy atom. The highest BCUT2D eigenvalue weighted by atomic mass is 35.5. The van der Waals surface area contributed by atoms with Crippen molar-refractivity contribution in [3.05, 3.63) is 40.9 Å². The number of nitrogens with zero attached hydrogens (tertiary/aromatic N) is 1. The van der Waals surface area contributed by atoms with Gasteiger partial charge in [-0.15, -0.1) is 0 Å². The lowest BCUT2D eigenvalue weighted by Gasteiger charge is -2.35. The van der Waals surface area contributed by atoms with Gasteiger partial charge in [0.1, 0.15) is 0 Å². The van der Waals surface area contributed by atoms with Crippen LogP contribution in [0.4, 0.5) is 5.69 Å². The van der Waals surface area contributed by atoms with Crippen LogP contribution in [0.15, 0.2) is 35.4 Å². The van der Waals surface area contributed by atoms with Crippen LogP contribution in [0.1, 0.15) is 24.9 Å². The number of hydrogen-bond donors (Lipinski definition) is 1. The average Bonchev–Trinajstić information content (AvgIpc) is 2.39. The van der Waals surface area contributed by atoms with E-state index in [1.807, 2.05) is 7.05 Å². The molecule has 0 radical (unpaired) electrons. The highest BCUT2D eigenvalue weighted by Gasteiger charge is 2.23. The van der Waals surface area contributed by atoms with Crippen molar-refractivity contribution >= 4 is 17.3 Å². The van der Waals surface area contributed by atoms with Crippen molar-refractivity contribution in [1.82, 2.24) is 5.32 Å². The molecular weight excluding hydrogens is 232 g/mol. The molecule has 0 amide bonds. The Labute approximate surface area is 108 Å². The minimum atomic E-state index is 0.475. The second kappa shape index (κ2) is 5.56. The van der Waals surface area contributed by atoms with Gasteiger partial charge >= 0.3 is 0 Å². The Hall–Kier alpha value is -0.990. The lowest BCUT2D eigenvalue weighted by molar-refractivity contribution is 0.522. The van der Waals surface area contributed by atoms with Crippen molar-refractivity contribution in [2.75, 3.05) is 25.0 Å². The topological polar surface area (TPSA) is 15.3 Å². The van der Waals surface area contributed by atoms with E-state index in [-0.39, 0.29) is 0 Å². The second-order valence-corrected chi connectivity index (χ2v) is 4.78. The van der Waals surface area contributed by atoms with Crippen LogP contribution in [0.2, 0.25) is 0 Å². The molecule has 17 heavy (non-hydrogen) atoms. The van der Waals surface area contributed by atoms with E-state index in [2.05, 4.69) is 41.4 Å². The zero-order valence-corrected chi connectivity index (χ0v) is 11.2. The number of rotatable bonds is 3. The van der Waals surface area contributed by atoms with E-state index in [4.69, 9.17) is 11.6 Å². The lowest BCUT2D eigenvalue weighted by Crippen LogP contribution is -2.35. The van der Waals surface area contributed by atoms with Crippen LogP contribution in [0.3, 0.4) is 0 Å². The summed E-state index contributed by atoms with van der Waals surface area (Å²) in [6, 6.07) is 9.09. The Kier molecular flexibility index (Phi) is 4.08. The van der Waals surface area contributed by atoms with Crippen LogP contribution in [-0.4, -0.2) is 20.1 Å². The van der Waals surface area contributed by atoms with Crippen LogP contribution in [-0.2, 0) is 0 Å². The third-order valence-electron chi connectivity index (χ3n) is 3.32. The maximum absolute atomic E-state index is 5.75. The van der Waals surface area contributed by atoms with E-state index < -0.39 is 0 Å². The molecule has 1 aromatic rings. The molecule has 2 rings (SSSR count). The fourth-order valence-corrected chi connectivity index (χ4v) is 2.50. The largest absolute Gasteiger partial charge is 0.367 e. The number of para-hydroxylation sites is 1. The van der Waals surface area contributed by atoms with E-state index in [0.29, 0.717) is 6.04 Å². The maximum atomic E-state index is 5.75. The molecule has 1 aromatic carbocycles. The third-order valence-corrected chi connectivity index (χ3v) is 3.69.